The molecular formula is C14H27NO2. The van der Waals surface area contributed by atoms with E-state index in [1.807, 2.05) is 17.9 Å². The molecule has 3 heteroatoms. The highest BCUT2D eigenvalue weighted by Gasteiger charge is 2.11. The topological polar surface area (TPSA) is 29.5 Å². The van der Waals surface area contributed by atoms with Gasteiger partial charge in [0.25, 0.3) is 5.91 Å². The fraction of sp³-hybridized carbons (Fsp3) is 0.786. The van der Waals surface area contributed by atoms with Crippen LogP contribution in [-0.2, 0) is 9.53 Å². The van der Waals surface area contributed by atoms with Crippen molar-refractivity contribution in [2.24, 2.45) is 0 Å². The summed E-state index contributed by atoms with van der Waals surface area (Å²) in [5.74, 6) is 0.950. The van der Waals surface area contributed by atoms with Crippen LogP contribution >= 0.6 is 0 Å². The maximum Gasteiger partial charge on any atom is 0.260 e. The smallest absolute Gasteiger partial charge is 0.260 e. The number of unbranched alkanes of at least 4 members (excludes halogenated alkanes) is 1. The Morgan fingerprint density at radius 1 is 1.12 bits per heavy atom. The molecule has 0 heterocycles. The number of carbonyl (C=O) groups excluding carboxylic acids is 1. The number of ether oxygens (including phenoxy) is 1. The molecular weight excluding hydrogens is 214 g/mol. The molecule has 17 heavy (non-hydrogen) atoms. The van der Waals surface area contributed by atoms with Crippen molar-refractivity contribution in [2.75, 3.05) is 19.7 Å². The number of nitrogens with zero attached hydrogens (tertiary/aromatic N) is 1. The van der Waals surface area contributed by atoms with E-state index < -0.39 is 0 Å². The first-order chi connectivity index (χ1) is 8.15. The molecule has 0 aromatic carbocycles. The summed E-state index contributed by atoms with van der Waals surface area (Å²) in [7, 11) is 0. The van der Waals surface area contributed by atoms with Crippen LogP contribution in [0.5, 0.6) is 0 Å². The van der Waals surface area contributed by atoms with E-state index in [2.05, 4.69) is 20.8 Å². The minimum atomic E-state index is 0.0953. The first kappa shape index (κ1) is 16.0. The Morgan fingerprint density at radius 3 is 2.18 bits per heavy atom. The molecule has 0 radical (unpaired) electrons. The molecule has 0 N–H and O–H groups in total. The van der Waals surface area contributed by atoms with Crippen molar-refractivity contribution in [1.82, 2.24) is 4.90 Å². The predicted molar refractivity (Wildman–Crippen MR) is 71.8 cm³/mol. The summed E-state index contributed by atoms with van der Waals surface area (Å²) in [5.41, 5.74) is 0. The van der Waals surface area contributed by atoms with E-state index in [4.69, 9.17) is 4.74 Å². The first-order valence-corrected chi connectivity index (χ1v) is 6.72. The van der Waals surface area contributed by atoms with Gasteiger partial charge in [0.2, 0.25) is 0 Å². The summed E-state index contributed by atoms with van der Waals surface area (Å²) in [6, 6.07) is 0. The van der Waals surface area contributed by atoms with Crippen molar-refractivity contribution < 1.29 is 9.53 Å². The third kappa shape index (κ3) is 7.83. The van der Waals surface area contributed by atoms with Crippen molar-refractivity contribution in [3.63, 3.8) is 0 Å². The SMILES string of the molecule is CCCC=C(C)OCC(=O)N(CCC)CCC. The number of carbonyl (C=O) groups is 1. The van der Waals surface area contributed by atoms with E-state index in [1.165, 1.54) is 0 Å². The van der Waals surface area contributed by atoms with Gasteiger partial charge in [0.05, 0.1) is 5.76 Å². The molecule has 0 aromatic rings. The minimum absolute atomic E-state index is 0.0953. The largest absolute Gasteiger partial charge is 0.489 e. The van der Waals surface area contributed by atoms with Crippen LogP contribution in [0.3, 0.4) is 0 Å². The number of rotatable bonds is 9. The van der Waals surface area contributed by atoms with Gasteiger partial charge >= 0.3 is 0 Å². The Bertz CT molecular complexity index is 230. The lowest BCUT2D eigenvalue weighted by Crippen LogP contribution is -2.35. The molecule has 100 valence electrons. The second kappa shape index (κ2) is 10.2. The van der Waals surface area contributed by atoms with Crippen LogP contribution in [-0.4, -0.2) is 30.5 Å². The summed E-state index contributed by atoms with van der Waals surface area (Å²) in [4.78, 5) is 13.8. The molecule has 3 nitrogen and oxygen atoms in total. The Balaban J connectivity index is 4.04. The predicted octanol–water partition coefficient (Wildman–Crippen LogP) is 3.36. The van der Waals surface area contributed by atoms with E-state index >= 15 is 0 Å². The second-order valence-electron chi connectivity index (χ2n) is 4.27. The normalized spacial score (nSPS) is 11.4. The van der Waals surface area contributed by atoms with Gasteiger partial charge in [0.1, 0.15) is 0 Å². The van der Waals surface area contributed by atoms with Gasteiger partial charge in [-0.15, -0.1) is 0 Å². The quantitative estimate of drug-likeness (QED) is 0.579. The highest BCUT2D eigenvalue weighted by atomic mass is 16.5. The van der Waals surface area contributed by atoms with E-state index in [0.29, 0.717) is 0 Å². The molecule has 0 aliphatic carbocycles. The zero-order valence-electron chi connectivity index (χ0n) is 11.8. The lowest BCUT2D eigenvalue weighted by molar-refractivity contribution is -0.134. The third-order valence-electron chi connectivity index (χ3n) is 2.48. The summed E-state index contributed by atoms with van der Waals surface area (Å²) >= 11 is 0. The molecule has 0 fully saturated rings. The summed E-state index contributed by atoms with van der Waals surface area (Å²) in [6.07, 6.45) is 6.14. The van der Waals surface area contributed by atoms with Gasteiger partial charge in [0, 0.05) is 13.1 Å². The second-order valence-corrected chi connectivity index (χ2v) is 4.27. The standard InChI is InChI=1S/C14H27NO2/c1-5-8-9-13(4)17-12-14(16)15(10-6-2)11-7-3/h9H,5-8,10-12H2,1-4H3. The van der Waals surface area contributed by atoms with Gasteiger partial charge in [-0.25, -0.2) is 0 Å². The van der Waals surface area contributed by atoms with E-state index in [9.17, 15) is 4.79 Å². The Hall–Kier alpha value is -0.990. The number of amides is 1. The van der Waals surface area contributed by atoms with E-state index in [1.54, 1.807) is 0 Å². The molecule has 0 aliphatic heterocycles. The highest BCUT2D eigenvalue weighted by Crippen LogP contribution is 2.02. The molecule has 0 bridgehead atoms. The Kier molecular flexibility index (Phi) is 9.59. The molecule has 0 rings (SSSR count). The molecule has 1 amide bonds. The lowest BCUT2D eigenvalue weighted by Gasteiger charge is -2.21. The molecule has 0 atom stereocenters. The van der Waals surface area contributed by atoms with Gasteiger partial charge in [-0.1, -0.05) is 27.2 Å². The van der Waals surface area contributed by atoms with Crippen LogP contribution in [0.25, 0.3) is 0 Å². The van der Waals surface area contributed by atoms with Crippen LogP contribution in [0.15, 0.2) is 11.8 Å². The van der Waals surface area contributed by atoms with E-state index in [-0.39, 0.29) is 12.5 Å². The maximum atomic E-state index is 11.9. The average Bonchev–Trinajstić information content (AvgIpc) is 2.33. The first-order valence-electron chi connectivity index (χ1n) is 6.72. The Morgan fingerprint density at radius 2 is 1.71 bits per heavy atom. The van der Waals surface area contributed by atoms with Crippen molar-refractivity contribution in [3.8, 4) is 0 Å². The molecule has 0 saturated heterocycles. The summed E-state index contributed by atoms with van der Waals surface area (Å²) in [6.45, 7) is 10.0. The van der Waals surface area contributed by atoms with Gasteiger partial charge in [-0.3, -0.25) is 4.79 Å². The van der Waals surface area contributed by atoms with Gasteiger partial charge in [-0.05, 0) is 32.3 Å². The summed E-state index contributed by atoms with van der Waals surface area (Å²) < 4.78 is 5.45. The van der Waals surface area contributed by atoms with Gasteiger partial charge in [0.15, 0.2) is 6.61 Å². The van der Waals surface area contributed by atoms with Crippen LogP contribution in [0.1, 0.15) is 53.4 Å². The maximum absolute atomic E-state index is 11.9. The highest BCUT2D eigenvalue weighted by molar-refractivity contribution is 5.77. The zero-order chi connectivity index (χ0) is 13.1. The zero-order valence-corrected chi connectivity index (χ0v) is 11.8. The fourth-order valence-electron chi connectivity index (χ4n) is 1.57. The number of hydrogen-bond acceptors (Lipinski definition) is 2. The van der Waals surface area contributed by atoms with Gasteiger partial charge < -0.3 is 9.64 Å². The van der Waals surface area contributed by atoms with Crippen molar-refractivity contribution >= 4 is 5.91 Å². The molecule has 0 aromatic heterocycles. The van der Waals surface area contributed by atoms with Crippen molar-refractivity contribution in [1.29, 1.82) is 0 Å². The molecule has 0 unspecified atom stereocenters. The summed E-state index contributed by atoms with van der Waals surface area (Å²) in [5, 5.41) is 0. The lowest BCUT2D eigenvalue weighted by atomic mass is 10.3. The number of hydrogen-bond donors (Lipinski definition) is 0. The third-order valence-corrected chi connectivity index (χ3v) is 2.48. The number of allylic oxidation sites excluding steroid dienone is 2. The molecule has 0 saturated carbocycles. The minimum Gasteiger partial charge on any atom is -0.489 e. The van der Waals surface area contributed by atoms with Crippen LogP contribution < -0.4 is 0 Å². The van der Waals surface area contributed by atoms with Crippen molar-refractivity contribution in [2.45, 2.75) is 53.4 Å². The van der Waals surface area contributed by atoms with E-state index in [0.717, 1.165) is 44.5 Å². The average molecular weight is 241 g/mol. The van der Waals surface area contributed by atoms with Crippen LogP contribution in [0.4, 0.5) is 0 Å². The Labute approximate surface area is 106 Å². The molecule has 0 aliphatic rings. The van der Waals surface area contributed by atoms with Crippen LogP contribution in [0.2, 0.25) is 0 Å². The van der Waals surface area contributed by atoms with Crippen LogP contribution in [0, 0.1) is 0 Å². The monoisotopic (exact) mass is 241 g/mol. The molecule has 0 spiro atoms. The van der Waals surface area contributed by atoms with Crippen molar-refractivity contribution in [3.05, 3.63) is 11.8 Å². The fourth-order valence-corrected chi connectivity index (χ4v) is 1.57. The van der Waals surface area contributed by atoms with Gasteiger partial charge in [-0.2, -0.15) is 0 Å².